The second kappa shape index (κ2) is 6.10. The maximum atomic E-state index is 13.7. The van der Waals surface area contributed by atoms with E-state index in [1.165, 1.54) is 6.07 Å². The van der Waals surface area contributed by atoms with Crippen LogP contribution in [0.5, 0.6) is 0 Å². The molecule has 1 atom stereocenters. The number of carbonyl (C=O) groups is 1. The maximum absolute atomic E-state index is 13.7. The Bertz CT molecular complexity index is 732. The molecule has 0 bridgehead atoms. The Balaban J connectivity index is 2.53. The molecule has 6 heteroatoms. The predicted octanol–water partition coefficient (Wildman–Crippen LogP) is 4.36. The second-order valence-electron chi connectivity index (χ2n) is 4.19. The van der Waals surface area contributed by atoms with E-state index in [0.29, 0.717) is 16.6 Å². The first kappa shape index (κ1) is 15.3. The first-order valence-corrected chi connectivity index (χ1v) is 6.57. The molecule has 0 aliphatic carbocycles. The van der Waals surface area contributed by atoms with Crippen molar-refractivity contribution in [3.05, 3.63) is 69.4 Å². The second-order valence-corrected chi connectivity index (χ2v) is 5.05. The van der Waals surface area contributed by atoms with Gasteiger partial charge in [-0.05, 0) is 11.6 Å². The monoisotopic (exact) mass is 353 g/mol. The van der Waals surface area contributed by atoms with Crippen LogP contribution in [0.2, 0.25) is 0 Å². The zero-order valence-corrected chi connectivity index (χ0v) is 12.0. The lowest BCUT2D eigenvalue weighted by molar-refractivity contribution is 0.0970. The van der Waals surface area contributed by atoms with Gasteiger partial charge in [0.2, 0.25) is 0 Å². The first-order valence-electron chi connectivity index (χ1n) is 5.78. The molecule has 2 rings (SSSR count). The van der Waals surface area contributed by atoms with Gasteiger partial charge in [0.05, 0.1) is 11.6 Å². The Kier molecular flexibility index (Phi) is 4.43. The summed E-state index contributed by atoms with van der Waals surface area (Å²) >= 11 is 3.18. The van der Waals surface area contributed by atoms with Crippen LogP contribution in [-0.2, 0) is 0 Å². The minimum atomic E-state index is -1.39. The van der Waals surface area contributed by atoms with E-state index in [2.05, 4.69) is 15.9 Å². The van der Waals surface area contributed by atoms with Crippen molar-refractivity contribution in [2.45, 2.75) is 5.92 Å². The van der Waals surface area contributed by atoms with Gasteiger partial charge in [-0.15, -0.1) is 0 Å². The van der Waals surface area contributed by atoms with Crippen LogP contribution in [0.4, 0.5) is 13.2 Å². The van der Waals surface area contributed by atoms with E-state index in [1.807, 2.05) is 0 Å². The third-order valence-corrected chi connectivity index (χ3v) is 3.58. The number of benzene rings is 2. The van der Waals surface area contributed by atoms with Crippen molar-refractivity contribution in [1.29, 1.82) is 5.26 Å². The van der Waals surface area contributed by atoms with Gasteiger partial charge < -0.3 is 0 Å². The minimum Gasteiger partial charge on any atom is -0.292 e. The van der Waals surface area contributed by atoms with E-state index in [1.54, 1.807) is 24.3 Å². The number of hydrogen-bond donors (Lipinski definition) is 0. The van der Waals surface area contributed by atoms with Crippen LogP contribution in [0.3, 0.4) is 0 Å². The number of nitriles is 1. The Morgan fingerprint density at radius 3 is 2.24 bits per heavy atom. The lowest BCUT2D eigenvalue weighted by Gasteiger charge is -2.12. The van der Waals surface area contributed by atoms with Crippen molar-refractivity contribution in [3.63, 3.8) is 0 Å². The van der Waals surface area contributed by atoms with E-state index < -0.39 is 34.7 Å². The SMILES string of the molecule is N#CC(C(=O)c1c(F)cc(F)cc1F)c1ccccc1Br. The van der Waals surface area contributed by atoms with Crippen LogP contribution in [-0.4, -0.2) is 5.78 Å². The number of rotatable bonds is 3. The number of carbonyl (C=O) groups excluding carboxylic acids is 1. The fourth-order valence-electron chi connectivity index (χ4n) is 1.90. The topological polar surface area (TPSA) is 40.9 Å². The Morgan fingerprint density at radius 2 is 1.71 bits per heavy atom. The standard InChI is InChI=1S/C15H7BrF3NO/c16-11-4-2-1-3-9(11)10(7-20)15(21)14-12(18)5-8(17)6-13(14)19/h1-6,10H. The molecule has 106 valence electrons. The Labute approximate surface area is 127 Å². The van der Waals surface area contributed by atoms with Crippen molar-refractivity contribution in [2.24, 2.45) is 0 Å². The van der Waals surface area contributed by atoms with Crippen molar-refractivity contribution in [3.8, 4) is 6.07 Å². The van der Waals surface area contributed by atoms with E-state index in [9.17, 15) is 18.0 Å². The fraction of sp³-hybridized carbons (Fsp3) is 0.0667. The fourth-order valence-corrected chi connectivity index (χ4v) is 2.41. The highest BCUT2D eigenvalue weighted by atomic mass is 79.9. The number of halogens is 4. The molecule has 2 nitrogen and oxygen atoms in total. The van der Waals surface area contributed by atoms with E-state index in [-0.39, 0.29) is 5.56 Å². The van der Waals surface area contributed by atoms with Gasteiger partial charge in [0.25, 0.3) is 0 Å². The summed E-state index contributed by atoms with van der Waals surface area (Å²) in [5.41, 5.74) is -0.633. The number of Topliss-reactive ketones (excluding diaryl/α,β-unsaturated/α-hetero) is 1. The maximum Gasteiger partial charge on any atom is 0.190 e. The quantitative estimate of drug-likeness (QED) is 0.769. The average molecular weight is 354 g/mol. The van der Waals surface area contributed by atoms with Crippen LogP contribution < -0.4 is 0 Å². The molecule has 0 aliphatic heterocycles. The molecular weight excluding hydrogens is 347 g/mol. The molecule has 0 heterocycles. The smallest absolute Gasteiger partial charge is 0.190 e. The average Bonchev–Trinajstić information content (AvgIpc) is 2.40. The molecule has 0 radical (unpaired) electrons. The largest absolute Gasteiger partial charge is 0.292 e. The molecule has 0 saturated carbocycles. The highest BCUT2D eigenvalue weighted by Crippen LogP contribution is 2.29. The third-order valence-electron chi connectivity index (χ3n) is 2.86. The lowest BCUT2D eigenvalue weighted by Crippen LogP contribution is -2.15. The van der Waals surface area contributed by atoms with Crippen LogP contribution in [0.1, 0.15) is 21.8 Å². The minimum absolute atomic E-state index is 0.285. The third kappa shape index (κ3) is 2.98. The van der Waals surface area contributed by atoms with E-state index in [0.717, 1.165) is 0 Å². The highest BCUT2D eigenvalue weighted by Gasteiger charge is 2.29. The summed E-state index contributed by atoms with van der Waals surface area (Å²) < 4.78 is 40.6. The van der Waals surface area contributed by atoms with Gasteiger partial charge in [0.1, 0.15) is 23.4 Å². The molecule has 0 N–H and O–H groups in total. The van der Waals surface area contributed by atoms with Gasteiger partial charge in [-0.3, -0.25) is 4.79 Å². The van der Waals surface area contributed by atoms with Crippen LogP contribution in [0.15, 0.2) is 40.9 Å². The Morgan fingerprint density at radius 1 is 1.14 bits per heavy atom. The molecule has 1 unspecified atom stereocenters. The van der Waals surface area contributed by atoms with Crippen LogP contribution in [0.25, 0.3) is 0 Å². The highest BCUT2D eigenvalue weighted by molar-refractivity contribution is 9.10. The van der Waals surface area contributed by atoms with Gasteiger partial charge in [-0.2, -0.15) is 5.26 Å². The summed E-state index contributed by atoms with van der Waals surface area (Å²) in [7, 11) is 0. The molecular formula is C15H7BrF3NO. The predicted molar refractivity (Wildman–Crippen MR) is 73.1 cm³/mol. The molecule has 0 spiro atoms. The molecule has 2 aromatic rings. The lowest BCUT2D eigenvalue weighted by atomic mass is 9.91. The summed E-state index contributed by atoms with van der Waals surface area (Å²) in [5, 5.41) is 9.16. The van der Waals surface area contributed by atoms with E-state index >= 15 is 0 Å². The number of nitrogens with zero attached hydrogens (tertiary/aromatic N) is 1. The molecule has 0 fully saturated rings. The van der Waals surface area contributed by atoms with Crippen molar-refractivity contribution < 1.29 is 18.0 Å². The van der Waals surface area contributed by atoms with Crippen molar-refractivity contribution in [2.75, 3.05) is 0 Å². The van der Waals surface area contributed by atoms with Crippen LogP contribution >= 0.6 is 15.9 Å². The zero-order chi connectivity index (χ0) is 15.6. The van der Waals surface area contributed by atoms with Gasteiger partial charge in [-0.1, -0.05) is 34.1 Å². The van der Waals surface area contributed by atoms with E-state index in [4.69, 9.17) is 5.26 Å². The Hall–Kier alpha value is -2.13. The molecule has 0 amide bonds. The van der Waals surface area contributed by atoms with Gasteiger partial charge in [0.15, 0.2) is 5.78 Å². The molecule has 0 aromatic heterocycles. The van der Waals surface area contributed by atoms with Gasteiger partial charge >= 0.3 is 0 Å². The van der Waals surface area contributed by atoms with Crippen LogP contribution in [0, 0.1) is 28.8 Å². The summed E-state index contributed by atoms with van der Waals surface area (Å²) in [6.45, 7) is 0. The van der Waals surface area contributed by atoms with Gasteiger partial charge in [0, 0.05) is 16.6 Å². The first-order chi connectivity index (χ1) is 9.95. The molecule has 0 aliphatic rings. The summed E-state index contributed by atoms with van der Waals surface area (Å²) in [6, 6.07) is 8.90. The zero-order valence-electron chi connectivity index (χ0n) is 10.4. The molecule has 2 aromatic carbocycles. The molecule has 21 heavy (non-hydrogen) atoms. The van der Waals surface area contributed by atoms with Gasteiger partial charge in [-0.25, -0.2) is 13.2 Å². The molecule has 0 saturated heterocycles. The normalized spacial score (nSPS) is 11.8. The summed E-state index contributed by atoms with van der Waals surface area (Å²) in [6.07, 6.45) is 0. The summed E-state index contributed by atoms with van der Waals surface area (Å²) in [5.74, 6) is -6.24. The number of hydrogen-bond acceptors (Lipinski definition) is 2. The number of ketones is 1. The van der Waals surface area contributed by atoms with Crippen molar-refractivity contribution >= 4 is 21.7 Å². The summed E-state index contributed by atoms with van der Waals surface area (Å²) in [4.78, 5) is 12.2. The van der Waals surface area contributed by atoms with Crippen molar-refractivity contribution in [1.82, 2.24) is 0 Å².